The van der Waals surface area contributed by atoms with Crippen LogP contribution in [-0.2, 0) is 16.6 Å². The third-order valence-electron chi connectivity index (χ3n) is 3.10. The predicted molar refractivity (Wildman–Crippen MR) is 85.4 cm³/mol. The second-order valence-electron chi connectivity index (χ2n) is 4.59. The molecular weight excluding hydrogens is 365 g/mol. The lowest BCUT2D eigenvalue weighted by Crippen LogP contribution is -2.30. The summed E-state index contributed by atoms with van der Waals surface area (Å²) in [5.41, 5.74) is -0.0516. The molecule has 0 aliphatic carbocycles. The molecule has 23 heavy (non-hydrogen) atoms. The maximum absolute atomic E-state index is 12.7. The molecule has 0 atom stereocenters. The van der Waals surface area contributed by atoms with E-state index in [2.05, 4.69) is 0 Å². The number of nitrogens with zero attached hydrogens (tertiary/aromatic N) is 1. The average molecular weight is 378 g/mol. The zero-order chi connectivity index (χ0) is 17.2. The minimum Gasteiger partial charge on any atom is -0.478 e. The summed E-state index contributed by atoms with van der Waals surface area (Å²) in [5, 5.41) is 8.90. The number of sulfonamides is 1. The maximum Gasteiger partial charge on any atom is 0.338 e. The second-order valence-corrected chi connectivity index (χ2v) is 7.28. The molecule has 9 heteroatoms. The Morgan fingerprint density at radius 3 is 2.39 bits per heavy atom. The second kappa shape index (κ2) is 6.92. The van der Waals surface area contributed by atoms with E-state index >= 15 is 0 Å². The van der Waals surface area contributed by atoms with Gasteiger partial charge in [0.05, 0.1) is 22.2 Å². The van der Waals surface area contributed by atoms with E-state index in [4.69, 9.17) is 32.7 Å². The van der Waals surface area contributed by atoms with E-state index in [1.54, 1.807) is 13.0 Å². The molecule has 2 rings (SSSR count). The van der Waals surface area contributed by atoms with E-state index in [0.29, 0.717) is 0 Å². The van der Waals surface area contributed by atoms with E-state index in [1.807, 2.05) is 0 Å². The molecule has 0 saturated heterocycles. The molecule has 0 saturated carbocycles. The fourth-order valence-electron chi connectivity index (χ4n) is 1.97. The van der Waals surface area contributed by atoms with Crippen LogP contribution in [0.2, 0.25) is 10.0 Å². The van der Waals surface area contributed by atoms with Crippen molar-refractivity contribution >= 4 is 39.2 Å². The van der Waals surface area contributed by atoms with Gasteiger partial charge in [0.15, 0.2) is 0 Å². The zero-order valence-corrected chi connectivity index (χ0v) is 14.3. The number of rotatable bonds is 6. The van der Waals surface area contributed by atoms with Crippen molar-refractivity contribution < 1.29 is 22.7 Å². The molecule has 0 fully saturated rings. The van der Waals surface area contributed by atoms with Crippen LogP contribution in [0.25, 0.3) is 0 Å². The Balaban J connectivity index is 2.37. The Morgan fingerprint density at radius 2 is 1.91 bits per heavy atom. The average Bonchev–Trinajstić information content (AvgIpc) is 2.93. The molecule has 1 aromatic heterocycles. The number of benzene rings is 1. The van der Waals surface area contributed by atoms with Crippen LogP contribution < -0.4 is 0 Å². The molecule has 1 N–H and O–H groups in total. The van der Waals surface area contributed by atoms with E-state index in [9.17, 15) is 13.2 Å². The Bertz CT molecular complexity index is 811. The molecule has 0 amide bonds. The largest absolute Gasteiger partial charge is 0.478 e. The monoisotopic (exact) mass is 377 g/mol. The van der Waals surface area contributed by atoms with Crippen molar-refractivity contribution in [1.29, 1.82) is 0 Å². The molecule has 0 aliphatic rings. The number of furan rings is 1. The quantitative estimate of drug-likeness (QED) is 0.831. The molecule has 2 aromatic rings. The van der Waals surface area contributed by atoms with Crippen LogP contribution in [0, 0.1) is 0 Å². The summed E-state index contributed by atoms with van der Waals surface area (Å²) in [6, 6.07) is 5.69. The van der Waals surface area contributed by atoms with Crippen molar-refractivity contribution in [1.82, 2.24) is 4.31 Å². The van der Waals surface area contributed by atoms with Gasteiger partial charge in [0, 0.05) is 6.54 Å². The number of carbonyl (C=O) groups is 1. The minimum absolute atomic E-state index is 0.0154. The number of hydrogen-bond donors (Lipinski definition) is 1. The van der Waals surface area contributed by atoms with Gasteiger partial charge >= 0.3 is 5.97 Å². The molecule has 6 nitrogen and oxygen atoms in total. The maximum atomic E-state index is 12.7. The Hall–Kier alpha value is -1.54. The van der Waals surface area contributed by atoms with Crippen molar-refractivity contribution in [2.24, 2.45) is 0 Å². The molecule has 0 radical (unpaired) electrons. The first-order valence-corrected chi connectivity index (χ1v) is 8.71. The van der Waals surface area contributed by atoms with Crippen molar-refractivity contribution in [2.45, 2.75) is 18.4 Å². The van der Waals surface area contributed by atoms with Gasteiger partial charge in [-0.3, -0.25) is 0 Å². The number of hydrogen-bond acceptors (Lipinski definition) is 4. The molecule has 124 valence electrons. The van der Waals surface area contributed by atoms with Gasteiger partial charge in [-0.15, -0.1) is 0 Å². The van der Waals surface area contributed by atoms with E-state index in [-0.39, 0.29) is 39.4 Å². The fraction of sp³-hybridized carbons (Fsp3) is 0.214. The van der Waals surface area contributed by atoms with Gasteiger partial charge in [-0.25, -0.2) is 13.2 Å². The van der Waals surface area contributed by atoms with Crippen LogP contribution in [0.5, 0.6) is 0 Å². The summed E-state index contributed by atoms with van der Waals surface area (Å²) < 4.78 is 31.7. The lowest BCUT2D eigenvalue weighted by Gasteiger charge is -2.20. The molecule has 0 unspecified atom stereocenters. The van der Waals surface area contributed by atoms with Crippen molar-refractivity contribution in [3.63, 3.8) is 0 Å². The first-order valence-electron chi connectivity index (χ1n) is 6.52. The highest BCUT2D eigenvalue weighted by Gasteiger charge is 2.29. The lowest BCUT2D eigenvalue weighted by atomic mass is 10.3. The van der Waals surface area contributed by atoms with Crippen LogP contribution in [0.4, 0.5) is 0 Å². The third kappa shape index (κ3) is 3.69. The molecule has 1 heterocycles. The van der Waals surface area contributed by atoms with Crippen LogP contribution in [0.15, 0.2) is 39.8 Å². The molecule has 0 bridgehead atoms. The first kappa shape index (κ1) is 17.8. The normalized spacial score (nSPS) is 11.8. The molecule has 1 aromatic carbocycles. The summed E-state index contributed by atoms with van der Waals surface area (Å²) in [6.07, 6.45) is 1.06. The van der Waals surface area contributed by atoms with Gasteiger partial charge in [-0.05, 0) is 18.2 Å². The summed E-state index contributed by atoms with van der Waals surface area (Å²) >= 11 is 11.9. The molecular formula is C14H13Cl2NO5S. The minimum atomic E-state index is -3.96. The first-order chi connectivity index (χ1) is 10.8. The lowest BCUT2D eigenvalue weighted by molar-refractivity contribution is 0.0696. The van der Waals surface area contributed by atoms with Crippen molar-refractivity contribution in [3.8, 4) is 0 Å². The van der Waals surface area contributed by atoms with Gasteiger partial charge < -0.3 is 9.52 Å². The molecule has 0 aliphatic heterocycles. The van der Waals surface area contributed by atoms with Crippen molar-refractivity contribution in [2.75, 3.05) is 6.54 Å². The summed E-state index contributed by atoms with van der Waals surface area (Å²) in [7, 11) is -3.96. The Labute approximate surface area is 143 Å². The highest BCUT2D eigenvalue weighted by atomic mass is 35.5. The van der Waals surface area contributed by atoms with Crippen LogP contribution >= 0.6 is 23.2 Å². The van der Waals surface area contributed by atoms with Gasteiger partial charge in [-0.1, -0.05) is 36.2 Å². The number of halogens is 2. The van der Waals surface area contributed by atoms with E-state index < -0.39 is 16.0 Å². The topological polar surface area (TPSA) is 87.8 Å². The SMILES string of the molecule is CCN(Cc1cc(C(=O)O)co1)S(=O)(=O)c1c(Cl)cccc1Cl. The zero-order valence-electron chi connectivity index (χ0n) is 12.0. The predicted octanol–water partition coefficient (Wildman–Crippen LogP) is 3.50. The summed E-state index contributed by atoms with van der Waals surface area (Å²) in [6.45, 7) is 1.64. The Kier molecular flexibility index (Phi) is 5.36. The van der Waals surface area contributed by atoms with Crippen LogP contribution in [-0.4, -0.2) is 30.3 Å². The highest BCUT2D eigenvalue weighted by Crippen LogP contribution is 2.32. The summed E-state index contributed by atoms with van der Waals surface area (Å²) in [5.74, 6) is -0.948. The smallest absolute Gasteiger partial charge is 0.338 e. The van der Waals surface area contributed by atoms with Gasteiger partial charge in [0.1, 0.15) is 16.9 Å². The van der Waals surface area contributed by atoms with Gasteiger partial charge in [-0.2, -0.15) is 4.31 Å². The number of carboxylic acid groups (broad SMARTS) is 1. The van der Waals surface area contributed by atoms with E-state index in [0.717, 1.165) is 10.6 Å². The third-order valence-corrected chi connectivity index (χ3v) is 5.98. The van der Waals surface area contributed by atoms with E-state index in [1.165, 1.54) is 18.2 Å². The number of carboxylic acids is 1. The Morgan fingerprint density at radius 1 is 1.30 bits per heavy atom. The van der Waals surface area contributed by atoms with Gasteiger partial charge in [0.25, 0.3) is 0 Å². The van der Waals surface area contributed by atoms with Crippen LogP contribution in [0.3, 0.4) is 0 Å². The fourth-order valence-corrected chi connectivity index (χ4v) is 4.48. The highest BCUT2D eigenvalue weighted by molar-refractivity contribution is 7.89. The van der Waals surface area contributed by atoms with Crippen molar-refractivity contribution in [3.05, 3.63) is 51.9 Å². The number of aromatic carboxylic acids is 1. The van der Waals surface area contributed by atoms with Crippen LogP contribution in [0.1, 0.15) is 23.0 Å². The summed E-state index contributed by atoms with van der Waals surface area (Å²) in [4.78, 5) is 10.7. The van der Waals surface area contributed by atoms with Gasteiger partial charge in [0.2, 0.25) is 10.0 Å². The standard InChI is InChI=1S/C14H13Cl2NO5S/c1-2-17(7-10-6-9(8-22-10)14(18)19)23(20,21)13-11(15)4-3-5-12(13)16/h3-6,8H,2,7H2,1H3,(H,18,19). The molecule has 0 spiro atoms.